The number of rotatable bonds is 3. The van der Waals surface area contributed by atoms with Crippen LogP contribution in [0.1, 0.15) is 46.6 Å². The second-order valence-electron chi connectivity index (χ2n) is 6.05. The second-order valence-corrected chi connectivity index (χ2v) is 6.05. The molecule has 1 N–H and O–H groups in total. The standard InChI is InChI=1S/C16H15N3O4/c20-12-3-13(23-14(21)4-12)16(22)19-7-11(8-19)15-17-5-10(6-18-15)9-1-2-9/h3-6,9,11,20H,1-2,7-8H2. The summed E-state index contributed by atoms with van der Waals surface area (Å²) < 4.78 is 4.83. The Morgan fingerprint density at radius 2 is 1.87 bits per heavy atom. The first-order chi connectivity index (χ1) is 11.1. The second kappa shape index (κ2) is 5.19. The van der Waals surface area contributed by atoms with Crippen molar-refractivity contribution in [1.29, 1.82) is 0 Å². The topological polar surface area (TPSA) is 96.5 Å². The minimum atomic E-state index is -0.746. The third-order valence-corrected chi connectivity index (χ3v) is 4.24. The molecule has 2 aromatic heterocycles. The number of carbonyl (C=O) groups excluding carboxylic acids is 1. The average molecular weight is 313 g/mol. The van der Waals surface area contributed by atoms with E-state index in [-0.39, 0.29) is 17.4 Å². The summed E-state index contributed by atoms with van der Waals surface area (Å²) in [5.41, 5.74) is 0.437. The first-order valence-corrected chi connectivity index (χ1v) is 7.55. The zero-order valence-electron chi connectivity index (χ0n) is 12.3. The number of nitrogens with zero attached hydrogens (tertiary/aromatic N) is 3. The molecule has 1 aliphatic carbocycles. The van der Waals surface area contributed by atoms with Gasteiger partial charge >= 0.3 is 5.63 Å². The molecule has 7 heteroatoms. The van der Waals surface area contributed by atoms with Crippen LogP contribution < -0.4 is 5.63 Å². The highest BCUT2D eigenvalue weighted by Crippen LogP contribution is 2.39. The van der Waals surface area contributed by atoms with Gasteiger partial charge < -0.3 is 14.4 Å². The predicted molar refractivity (Wildman–Crippen MR) is 79.3 cm³/mol. The van der Waals surface area contributed by atoms with Crippen LogP contribution in [0.5, 0.6) is 5.75 Å². The van der Waals surface area contributed by atoms with Crippen molar-refractivity contribution >= 4 is 5.91 Å². The van der Waals surface area contributed by atoms with E-state index in [1.165, 1.54) is 18.4 Å². The highest BCUT2D eigenvalue weighted by atomic mass is 16.4. The Balaban J connectivity index is 1.42. The van der Waals surface area contributed by atoms with Crippen molar-refractivity contribution in [3.05, 3.63) is 52.1 Å². The fourth-order valence-electron chi connectivity index (χ4n) is 2.72. The van der Waals surface area contributed by atoms with Gasteiger partial charge in [0.2, 0.25) is 0 Å². The number of aromatic nitrogens is 2. The van der Waals surface area contributed by atoms with Gasteiger partial charge in [-0.05, 0) is 24.3 Å². The quantitative estimate of drug-likeness (QED) is 0.916. The van der Waals surface area contributed by atoms with E-state index in [9.17, 15) is 14.7 Å². The molecule has 2 aromatic rings. The van der Waals surface area contributed by atoms with Gasteiger partial charge in [0.15, 0.2) is 5.76 Å². The lowest BCUT2D eigenvalue weighted by atomic mass is 9.98. The maximum Gasteiger partial charge on any atom is 0.340 e. The number of likely N-dealkylation sites (tertiary alicyclic amines) is 1. The van der Waals surface area contributed by atoms with E-state index in [0.29, 0.717) is 19.0 Å². The number of amides is 1. The van der Waals surface area contributed by atoms with Crippen LogP contribution in [0.4, 0.5) is 0 Å². The van der Waals surface area contributed by atoms with Crippen LogP contribution in [0.15, 0.2) is 33.7 Å². The molecule has 7 nitrogen and oxygen atoms in total. The monoisotopic (exact) mass is 313 g/mol. The summed E-state index contributed by atoms with van der Waals surface area (Å²) in [6, 6.07) is 2.07. The van der Waals surface area contributed by atoms with Gasteiger partial charge in [-0.3, -0.25) is 4.79 Å². The minimum absolute atomic E-state index is 0.0937. The van der Waals surface area contributed by atoms with Gasteiger partial charge in [-0.15, -0.1) is 0 Å². The number of carbonyl (C=O) groups is 1. The summed E-state index contributed by atoms with van der Waals surface area (Å²) in [7, 11) is 0. The summed E-state index contributed by atoms with van der Waals surface area (Å²) in [5, 5.41) is 9.37. The molecule has 3 heterocycles. The summed E-state index contributed by atoms with van der Waals surface area (Å²) in [6.07, 6.45) is 6.17. The fourth-order valence-corrected chi connectivity index (χ4v) is 2.72. The molecule has 0 unspecified atom stereocenters. The Morgan fingerprint density at radius 1 is 1.17 bits per heavy atom. The molecule has 0 radical (unpaired) electrons. The SMILES string of the molecule is O=C(c1cc(O)cc(=O)o1)N1CC(c2ncc(C3CC3)cn2)C1. The van der Waals surface area contributed by atoms with E-state index in [2.05, 4.69) is 9.97 Å². The van der Waals surface area contributed by atoms with E-state index in [0.717, 1.165) is 18.0 Å². The van der Waals surface area contributed by atoms with Crippen LogP contribution in [0.3, 0.4) is 0 Å². The van der Waals surface area contributed by atoms with Crippen molar-refractivity contribution in [2.75, 3.05) is 13.1 Å². The molecule has 1 aliphatic heterocycles. The van der Waals surface area contributed by atoms with Gasteiger partial charge in [-0.1, -0.05) is 0 Å². The third kappa shape index (κ3) is 2.69. The summed E-state index contributed by atoms with van der Waals surface area (Å²) >= 11 is 0. The third-order valence-electron chi connectivity index (χ3n) is 4.24. The smallest absolute Gasteiger partial charge is 0.340 e. The molecule has 2 fully saturated rings. The Labute approximate surface area is 131 Å². The molecule has 1 saturated carbocycles. The summed E-state index contributed by atoms with van der Waals surface area (Å²) in [4.78, 5) is 33.7. The predicted octanol–water partition coefficient (Wildman–Crippen LogP) is 1.25. The normalized spacial score (nSPS) is 17.8. The highest BCUT2D eigenvalue weighted by molar-refractivity contribution is 5.92. The van der Waals surface area contributed by atoms with Gasteiger partial charge in [0.1, 0.15) is 11.6 Å². The van der Waals surface area contributed by atoms with Crippen molar-refractivity contribution in [2.45, 2.75) is 24.7 Å². The van der Waals surface area contributed by atoms with E-state index >= 15 is 0 Å². The average Bonchev–Trinajstić information content (AvgIpc) is 3.30. The van der Waals surface area contributed by atoms with Crippen LogP contribution in [0.25, 0.3) is 0 Å². The van der Waals surface area contributed by atoms with Gasteiger partial charge in [0.05, 0.1) is 12.0 Å². The molecular formula is C16H15N3O4. The molecule has 0 bridgehead atoms. The van der Waals surface area contributed by atoms with E-state index in [1.807, 2.05) is 12.4 Å². The van der Waals surface area contributed by atoms with E-state index < -0.39 is 11.5 Å². The Morgan fingerprint density at radius 3 is 2.48 bits per heavy atom. The van der Waals surface area contributed by atoms with E-state index in [4.69, 9.17) is 4.42 Å². The van der Waals surface area contributed by atoms with Crippen LogP contribution >= 0.6 is 0 Å². The molecule has 0 aromatic carbocycles. The Bertz CT molecular complexity index is 805. The van der Waals surface area contributed by atoms with Crippen LogP contribution in [-0.2, 0) is 0 Å². The maximum atomic E-state index is 12.2. The van der Waals surface area contributed by atoms with Gasteiger partial charge in [0, 0.05) is 31.5 Å². The van der Waals surface area contributed by atoms with Crippen molar-refractivity contribution in [3.8, 4) is 5.75 Å². The molecule has 2 aliphatic rings. The molecule has 0 spiro atoms. The van der Waals surface area contributed by atoms with Crippen LogP contribution in [0.2, 0.25) is 0 Å². The molecule has 4 rings (SSSR count). The van der Waals surface area contributed by atoms with Gasteiger partial charge in [-0.2, -0.15) is 0 Å². The fraction of sp³-hybridized carbons (Fsp3) is 0.375. The van der Waals surface area contributed by atoms with Gasteiger partial charge in [-0.25, -0.2) is 14.8 Å². The summed E-state index contributed by atoms with van der Waals surface area (Å²) in [6.45, 7) is 0.946. The van der Waals surface area contributed by atoms with Crippen molar-refractivity contribution in [3.63, 3.8) is 0 Å². The lowest BCUT2D eigenvalue weighted by Crippen LogP contribution is -2.49. The number of hydrogen-bond donors (Lipinski definition) is 1. The van der Waals surface area contributed by atoms with Gasteiger partial charge in [0.25, 0.3) is 5.91 Å². The Kier molecular flexibility index (Phi) is 3.14. The summed E-state index contributed by atoms with van der Waals surface area (Å²) in [5.74, 6) is 0.604. The molecule has 0 atom stereocenters. The molecular weight excluding hydrogens is 298 g/mol. The number of aromatic hydroxyl groups is 1. The van der Waals surface area contributed by atoms with Crippen LogP contribution in [0, 0.1) is 0 Å². The lowest BCUT2D eigenvalue weighted by Gasteiger charge is -2.37. The highest BCUT2D eigenvalue weighted by Gasteiger charge is 2.35. The Hall–Kier alpha value is -2.70. The van der Waals surface area contributed by atoms with Crippen LogP contribution in [-0.4, -0.2) is 39.0 Å². The largest absolute Gasteiger partial charge is 0.508 e. The van der Waals surface area contributed by atoms with Crippen molar-refractivity contribution in [2.24, 2.45) is 0 Å². The zero-order chi connectivity index (χ0) is 16.0. The zero-order valence-corrected chi connectivity index (χ0v) is 12.3. The molecule has 23 heavy (non-hydrogen) atoms. The minimum Gasteiger partial charge on any atom is -0.508 e. The number of hydrogen-bond acceptors (Lipinski definition) is 6. The van der Waals surface area contributed by atoms with Crippen molar-refractivity contribution in [1.82, 2.24) is 14.9 Å². The maximum absolute atomic E-state index is 12.2. The molecule has 1 amide bonds. The molecule has 118 valence electrons. The molecule has 1 saturated heterocycles. The van der Waals surface area contributed by atoms with Crippen molar-refractivity contribution < 1.29 is 14.3 Å². The van der Waals surface area contributed by atoms with E-state index in [1.54, 1.807) is 4.90 Å². The first kappa shape index (κ1) is 13.9. The first-order valence-electron chi connectivity index (χ1n) is 7.55. The lowest BCUT2D eigenvalue weighted by molar-refractivity contribution is 0.0556.